The van der Waals surface area contributed by atoms with Crippen LogP contribution in [0.5, 0.6) is 0 Å². The van der Waals surface area contributed by atoms with Crippen molar-refractivity contribution in [1.82, 2.24) is 19.9 Å². The molecule has 134 valence electrons. The summed E-state index contributed by atoms with van der Waals surface area (Å²) in [5, 5.41) is 3.99. The molecule has 2 aromatic heterocycles. The van der Waals surface area contributed by atoms with Gasteiger partial charge in [0, 0.05) is 36.3 Å². The molecule has 2 heterocycles. The van der Waals surface area contributed by atoms with Crippen molar-refractivity contribution in [2.45, 2.75) is 13.5 Å². The maximum atomic E-state index is 12.2. The van der Waals surface area contributed by atoms with Gasteiger partial charge in [0.2, 0.25) is 5.91 Å². The Morgan fingerprint density at radius 1 is 1.11 bits per heavy atom. The second-order valence-electron chi connectivity index (χ2n) is 6.35. The summed E-state index contributed by atoms with van der Waals surface area (Å²) in [5.74, 6) is 0.827. The van der Waals surface area contributed by atoms with Crippen molar-refractivity contribution in [3.8, 4) is 0 Å². The van der Waals surface area contributed by atoms with E-state index in [9.17, 15) is 4.79 Å². The van der Waals surface area contributed by atoms with Crippen LogP contribution in [0, 0.1) is 6.92 Å². The lowest BCUT2D eigenvalue weighted by Gasteiger charge is -2.07. The van der Waals surface area contributed by atoms with Crippen LogP contribution >= 0.6 is 0 Å². The van der Waals surface area contributed by atoms with Gasteiger partial charge in [-0.25, -0.2) is 4.98 Å². The number of para-hydroxylation sites is 3. The molecule has 0 spiro atoms. The number of aryl methyl sites for hydroxylation is 1. The molecule has 1 N–H and O–H groups in total. The third-order valence-electron chi connectivity index (χ3n) is 4.56. The minimum Gasteiger partial charge on any atom is -0.351 e. The quantitative estimate of drug-likeness (QED) is 0.555. The van der Waals surface area contributed by atoms with Gasteiger partial charge in [-0.2, -0.15) is 0 Å². The topological polar surface area (TPSA) is 59.8 Å². The number of imidazole rings is 1. The van der Waals surface area contributed by atoms with Gasteiger partial charge in [0.15, 0.2) is 0 Å². The number of benzene rings is 2. The van der Waals surface area contributed by atoms with Crippen LogP contribution in [-0.2, 0) is 11.3 Å². The SMILES string of the molecule is Cc1nc2ccccc2n1CCNC(=O)/C=C/c1cccc2cccnc12. The molecule has 4 rings (SSSR count). The van der Waals surface area contributed by atoms with Crippen LogP contribution in [-0.4, -0.2) is 27.0 Å². The number of nitrogens with zero attached hydrogens (tertiary/aromatic N) is 3. The molecule has 0 bridgehead atoms. The van der Waals surface area contributed by atoms with Crippen LogP contribution in [0.25, 0.3) is 28.0 Å². The first kappa shape index (κ1) is 17.0. The largest absolute Gasteiger partial charge is 0.351 e. The van der Waals surface area contributed by atoms with Crippen molar-refractivity contribution in [2.75, 3.05) is 6.54 Å². The highest BCUT2D eigenvalue weighted by Gasteiger charge is 2.06. The van der Waals surface area contributed by atoms with Gasteiger partial charge < -0.3 is 9.88 Å². The first-order valence-electron chi connectivity index (χ1n) is 8.94. The summed E-state index contributed by atoms with van der Waals surface area (Å²) < 4.78 is 2.12. The molecule has 0 saturated carbocycles. The van der Waals surface area contributed by atoms with E-state index in [1.54, 1.807) is 12.3 Å². The van der Waals surface area contributed by atoms with E-state index >= 15 is 0 Å². The Kier molecular flexibility index (Phi) is 4.66. The Morgan fingerprint density at radius 3 is 2.89 bits per heavy atom. The van der Waals surface area contributed by atoms with E-state index in [2.05, 4.69) is 19.9 Å². The number of aromatic nitrogens is 3. The summed E-state index contributed by atoms with van der Waals surface area (Å²) in [6, 6.07) is 17.9. The predicted molar refractivity (Wildman–Crippen MR) is 108 cm³/mol. The molecule has 0 aliphatic carbocycles. The highest BCUT2D eigenvalue weighted by atomic mass is 16.1. The third kappa shape index (κ3) is 3.58. The minimum atomic E-state index is -0.120. The number of amides is 1. The van der Waals surface area contributed by atoms with E-state index < -0.39 is 0 Å². The average Bonchev–Trinajstić information content (AvgIpc) is 3.02. The molecule has 0 saturated heterocycles. The number of pyridine rings is 1. The van der Waals surface area contributed by atoms with E-state index in [0.29, 0.717) is 13.1 Å². The molecule has 1 amide bonds. The summed E-state index contributed by atoms with van der Waals surface area (Å²) in [4.78, 5) is 21.1. The molecule has 5 nitrogen and oxygen atoms in total. The van der Waals surface area contributed by atoms with Crippen LogP contribution in [0.4, 0.5) is 0 Å². The van der Waals surface area contributed by atoms with Gasteiger partial charge >= 0.3 is 0 Å². The third-order valence-corrected chi connectivity index (χ3v) is 4.56. The molecule has 0 atom stereocenters. The van der Waals surface area contributed by atoms with Gasteiger partial charge in [-0.1, -0.05) is 36.4 Å². The Labute approximate surface area is 157 Å². The minimum absolute atomic E-state index is 0.120. The van der Waals surface area contributed by atoms with Crippen LogP contribution in [0.15, 0.2) is 66.9 Å². The maximum absolute atomic E-state index is 12.2. The van der Waals surface area contributed by atoms with Crippen molar-refractivity contribution in [3.63, 3.8) is 0 Å². The lowest BCUT2D eigenvalue weighted by atomic mass is 10.1. The van der Waals surface area contributed by atoms with Crippen molar-refractivity contribution >= 4 is 33.9 Å². The maximum Gasteiger partial charge on any atom is 0.244 e. The zero-order chi connectivity index (χ0) is 18.6. The van der Waals surface area contributed by atoms with Crippen molar-refractivity contribution in [1.29, 1.82) is 0 Å². The number of nitrogens with one attached hydrogen (secondary N) is 1. The average molecular weight is 356 g/mol. The van der Waals surface area contributed by atoms with Gasteiger partial charge in [0.05, 0.1) is 16.6 Å². The Balaban J connectivity index is 1.41. The normalized spacial score (nSPS) is 11.4. The number of rotatable bonds is 5. The van der Waals surface area contributed by atoms with Gasteiger partial charge in [-0.15, -0.1) is 0 Å². The van der Waals surface area contributed by atoms with E-state index in [-0.39, 0.29) is 5.91 Å². The van der Waals surface area contributed by atoms with E-state index in [1.165, 1.54) is 0 Å². The molecule has 0 aliphatic heterocycles. The Hall–Kier alpha value is -3.47. The lowest BCUT2D eigenvalue weighted by molar-refractivity contribution is -0.116. The van der Waals surface area contributed by atoms with Crippen molar-refractivity contribution < 1.29 is 4.79 Å². The zero-order valence-electron chi connectivity index (χ0n) is 15.1. The number of fused-ring (bicyclic) bond motifs is 2. The van der Waals surface area contributed by atoms with Crippen molar-refractivity contribution in [2.24, 2.45) is 0 Å². The molecular weight excluding hydrogens is 336 g/mol. The highest BCUT2D eigenvalue weighted by molar-refractivity contribution is 5.95. The standard InChI is InChI=1S/C22H20N4O/c1-16-25-19-9-2-3-10-20(19)26(16)15-14-23-21(27)12-11-18-7-4-6-17-8-5-13-24-22(17)18/h2-13H,14-15H2,1H3,(H,23,27)/b12-11+. The first-order chi connectivity index (χ1) is 13.2. The van der Waals surface area contributed by atoms with E-state index in [1.807, 2.05) is 67.6 Å². The Bertz CT molecular complexity index is 1140. The van der Waals surface area contributed by atoms with E-state index in [4.69, 9.17) is 0 Å². The summed E-state index contributed by atoms with van der Waals surface area (Å²) >= 11 is 0. The molecule has 0 fully saturated rings. The summed E-state index contributed by atoms with van der Waals surface area (Å²) in [6.45, 7) is 3.20. The fourth-order valence-corrected chi connectivity index (χ4v) is 3.26. The van der Waals surface area contributed by atoms with Crippen LogP contribution in [0.3, 0.4) is 0 Å². The van der Waals surface area contributed by atoms with Gasteiger partial charge in [0.1, 0.15) is 5.82 Å². The smallest absolute Gasteiger partial charge is 0.244 e. The van der Waals surface area contributed by atoms with Gasteiger partial charge in [-0.3, -0.25) is 9.78 Å². The fourth-order valence-electron chi connectivity index (χ4n) is 3.26. The van der Waals surface area contributed by atoms with Crippen LogP contribution in [0.2, 0.25) is 0 Å². The number of carbonyl (C=O) groups is 1. The van der Waals surface area contributed by atoms with Crippen LogP contribution < -0.4 is 5.32 Å². The zero-order valence-corrected chi connectivity index (χ0v) is 15.1. The number of hydrogen-bond donors (Lipinski definition) is 1. The monoisotopic (exact) mass is 356 g/mol. The fraction of sp³-hybridized carbons (Fsp3) is 0.136. The summed E-state index contributed by atoms with van der Waals surface area (Å²) in [5.41, 5.74) is 3.88. The van der Waals surface area contributed by atoms with Crippen LogP contribution in [0.1, 0.15) is 11.4 Å². The summed E-state index contributed by atoms with van der Waals surface area (Å²) in [6.07, 6.45) is 5.13. The molecule has 0 unspecified atom stereocenters. The van der Waals surface area contributed by atoms with E-state index in [0.717, 1.165) is 33.3 Å². The number of hydrogen-bond acceptors (Lipinski definition) is 3. The molecule has 0 aliphatic rings. The highest BCUT2D eigenvalue weighted by Crippen LogP contribution is 2.17. The molecule has 0 radical (unpaired) electrons. The van der Waals surface area contributed by atoms with Gasteiger partial charge in [0.25, 0.3) is 0 Å². The Morgan fingerprint density at radius 2 is 1.96 bits per heavy atom. The predicted octanol–water partition coefficient (Wildman–Crippen LogP) is 3.72. The van der Waals surface area contributed by atoms with Gasteiger partial charge in [-0.05, 0) is 31.2 Å². The molecule has 5 heteroatoms. The first-order valence-corrected chi connectivity index (χ1v) is 8.94. The molecule has 4 aromatic rings. The second-order valence-corrected chi connectivity index (χ2v) is 6.35. The van der Waals surface area contributed by atoms with Crippen molar-refractivity contribution in [3.05, 3.63) is 78.3 Å². The molecule has 2 aromatic carbocycles. The lowest BCUT2D eigenvalue weighted by Crippen LogP contribution is -2.25. The summed E-state index contributed by atoms with van der Waals surface area (Å²) in [7, 11) is 0. The molecular formula is C22H20N4O. The molecule has 27 heavy (non-hydrogen) atoms. The second kappa shape index (κ2) is 7.41. The number of carbonyl (C=O) groups excluding carboxylic acids is 1.